The maximum absolute atomic E-state index is 12.4. The van der Waals surface area contributed by atoms with Crippen molar-refractivity contribution in [1.29, 1.82) is 0 Å². The van der Waals surface area contributed by atoms with Crippen molar-refractivity contribution in [3.63, 3.8) is 0 Å². The highest BCUT2D eigenvalue weighted by molar-refractivity contribution is 6.42. The molecule has 140 valence electrons. The quantitative estimate of drug-likeness (QED) is 0.781. The number of nitrogens with one attached hydrogen (secondary N) is 1. The van der Waals surface area contributed by atoms with E-state index in [1.807, 2.05) is 38.7 Å². The standard InChI is InChI=1S/C18H27Cl2N3O2/c1-6-23(11-16(24)21-18(2,3)4)12-17(25)22(5)10-13-7-8-14(19)15(20)9-13/h7-9H,6,10-12H2,1-5H3,(H,21,24). The Balaban J connectivity index is 2.59. The predicted molar refractivity (Wildman–Crippen MR) is 103 cm³/mol. The van der Waals surface area contributed by atoms with Gasteiger partial charge in [0.15, 0.2) is 0 Å². The number of likely N-dealkylation sites (N-methyl/N-ethyl adjacent to an activating group) is 2. The largest absolute Gasteiger partial charge is 0.350 e. The van der Waals surface area contributed by atoms with Crippen LogP contribution in [0.4, 0.5) is 0 Å². The molecule has 0 bridgehead atoms. The highest BCUT2D eigenvalue weighted by atomic mass is 35.5. The molecule has 0 aromatic heterocycles. The van der Waals surface area contributed by atoms with Gasteiger partial charge in [0, 0.05) is 19.1 Å². The van der Waals surface area contributed by atoms with Crippen LogP contribution in [0.5, 0.6) is 0 Å². The molecule has 0 aliphatic rings. The van der Waals surface area contributed by atoms with Crippen LogP contribution >= 0.6 is 23.2 Å². The number of benzene rings is 1. The van der Waals surface area contributed by atoms with Crippen molar-refractivity contribution in [1.82, 2.24) is 15.1 Å². The minimum absolute atomic E-state index is 0.0588. The lowest BCUT2D eigenvalue weighted by Gasteiger charge is -2.26. The van der Waals surface area contributed by atoms with Crippen LogP contribution in [-0.2, 0) is 16.1 Å². The summed E-state index contributed by atoms with van der Waals surface area (Å²) in [6.07, 6.45) is 0. The molecule has 0 heterocycles. The molecule has 1 aromatic carbocycles. The SMILES string of the molecule is CCN(CC(=O)NC(C)(C)C)CC(=O)N(C)Cc1ccc(Cl)c(Cl)c1. The summed E-state index contributed by atoms with van der Waals surface area (Å²) in [7, 11) is 1.73. The third-order valence-electron chi connectivity index (χ3n) is 3.52. The number of nitrogens with zero attached hydrogens (tertiary/aromatic N) is 2. The minimum atomic E-state index is -0.287. The van der Waals surface area contributed by atoms with Crippen molar-refractivity contribution in [2.75, 3.05) is 26.7 Å². The number of halogens is 2. The molecule has 0 atom stereocenters. The Bertz CT molecular complexity index is 615. The second-order valence-corrected chi connectivity index (χ2v) is 7.91. The molecule has 25 heavy (non-hydrogen) atoms. The fourth-order valence-corrected chi connectivity index (χ4v) is 2.57. The first kappa shape index (κ1) is 21.7. The average Bonchev–Trinajstić information content (AvgIpc) is 2.48. The Morgan fingerprint density at radius 3 is 2.28 bits per heavy atom. The first-order valence-corrected chi connectivity index (χ1v) is 8.98. The molecule has 0 fully saturated rings. The number of amides is 2. The fraction of sp³-hybridized carbons (Fsp3) is 0.556. The number of hydrogen-bond acceptors (Lipinski definition) is 3. The summed E-state index contributed by atoms with van der Waals surface area (Å²) >= 11 is 11.9. The van der Waals surface area contributed by atoms with Crippen LogP contribution in [0, 0.1) is 0 Å². The van der Waals surface area contributed by atoms with Gasteiger partial charge in [0.1, 0.15) is 0 Å². The molecule has 0 aliphatic heterocycles. The molecule has 5 nitrogen and oxygen atoms in total. The summed E-state index contributed by atoms with van der Waals surface area (Å²) in [4.78, 5) is 27.9. The van der Waals surface area contributed by atoms with Gasteiger partial charge in [-0.05, 0) is 45.0 Å². The molecule has 0 saturated heterocycles. The van der Waals surface area contributed by atoms with Gasteiger partial charge >= 0.3 is 0 Å². The first-order chi connectivity index (χ1) is 11.5. The zero-order valence-corrected chi connectivity index (χ0v) is 17.0. The predicted octanol–water partition coefficient (Wildman–Crippen LogP) is 3.19. The van der Waals surface area contributed by atoms with Gasteiger partial charge in [-0.15, -0.1) is 0 Å². The van der Waals surface area contributed by atoms with Gasteiger partial charge in [-0.25, -0.2) is 0 Å². The first-order valence-electron chi connectivity index (χ1n) is 8.23. The van der Waals surface area contributed by atoms with Crippen LogP contribution in [0.1, 0.15) is 33.3 Å². The normalized spacial score (nSPS) is 11.5. The zero-order valence-electron chi connectivity index (χ0n) is 15.5. The summed E-state index contributed by atoms with van der Waals surface area (Å²) < 4.78 is 0. The third kappa shape index (κ3) is 8.08. The maximum Gasteiger partial charge on any atom is 0.236 e. The highest BCUT2D eigenvalue weighted by Crippen LogP contribution is 2.23. The van der Waals surface area contributed by atoms with E-state index in [9.17, 15) is 9.59 Å². The summed E-state index contributed by atoms with van der Waals surface area (Å²) in [5.41, 5.74) is 0.615. The molecule has 0 unspecified atom stereocenters. The second kappa shape index (κ2) is 9.41. The Morgan fingerprint density at radius 1 is 1.12 bits per heavy atom. The third-order valence-corrected chi connectivity index (χ3v) is 4.26. The van der Waals surface area contributed by atoms with Gasteiger partial charge in [0.2, 0.25) is 11.8 Å². The molecule has 1 rings (SSSR count). The molecule has 1 N–H and O–H groups in total. The molecule has 0 aliphatic carbocycles. The Hall–Kier alpha value is -1.30. The molecule has 1 aromatic rings. The van der Waals surface area contributed by atoms with E-state index < -0.39 is 0 Å². The van der Waals surface area contributed by atoms with Gasteiger partial charge in [-0.1, -0.05) is 36.2 Å². The summed E-state index contributed by atoms with van der Waals surface area (Å²) in [5, 5.41) is 3.86. The summed E-state index contributed by atoms with van der Waals surface area (Å²) in [5.74, 6) is -0.147. The average molecular weight is 388 g/mol. The van der Waals surface area contributed by atoms with Gasteiger partial charge < -0.3 is 10.2 Å². The van der Waals surface area contributed by atoms with E-state index in [-0.39, 0.29) is 30.4 Å². The van der Waals surface area contributed by atoms with Gasteiger partial charge in [0.25, 0.3) is 0 Å². The Labute approximate surface area is 160 Å². The summed E-state index contributed by atoms with van der Waals surface area (Å²) in [6, 6.07) is 5.31. The molecule has 7 heteroatoms. The highest BCUT2D eigenvalue weighted by Gasteiger charge is 2.19. The van der Waals surface area contributed by atoms with Crippen molar-refractivity contribution in [2.24, 2.45) is 0 Å². The zero-order chi connectivity index (χ0) is 19.2. The number of carbonyl (C=O) groups is 2. The smallest absolute Gasteiger partial charge is 0.236 e. The van der Waals surface area contributed by atoms with Crippen LogP contribution in [0.2, 0.25) is 10.0 Å². The van der Waals surface area contributed by atoms with Crippen LogP contribution in [0.15, 0.2) is 18.2 Å². The van der Waals surface area contributed by atoms with Crippen LogP contribution < -0.4 is 5.32 Å². The Morgan fingerprint density at radius 2 is 1.76 bits per heavy atom. The molecule has 0 saturated carbocycles. The molecular formula is C18H27Cl2N3O2. The second-order valence-electron chi connectivity index (χ2n) is 7.10. The lowest BCUT2D eigenvalue weighted by atomic mass is 10.1. The van der Waals surface area contributed by atoms with Crippen molar-refractivity contribution >= 4 is 35.0 Å². The molecular weight excluding hydrogens is 361 g/mol. The van der Waals surface area contributed by atoms with Gasteiger partial charge in [-0.3, -0.25) is 14.5 Å². The topological polar surface area (TPSA) is 52.7 Å². The van der Waals surface area contributed by atoms with Crippen molar-refractivity contribution in [2.45, 2.75) is 39.8 Å². The van der Waals surface area contributed by atoms with Crippen LogP contribution in [-0.4, -0.2) is 53.8 Å². The monoisotopic (exact) mass is 387 g/mol. The van der Waals surface area contributed by atoms with Crippen molar-refractivity contribution in [3.8, 4) is 0 Å². The van der Waals surface area contributed by atoms with E-state index in [2.05, 4.69) is 5.32 Å². The van der Waals surface area contributed by atoms with E-state index >= 15 is 0 Å². The minimum Gasteiger partial charge on any atom is -0.350 e. The van der Waals surface area contributed by atoms with Gasteiger partial charge in [-0.2, -0.15) is 0 Å². The van der Waals surface area contributed by atoms with E-state index in [1.165, 1.54) is 0 Å². The maximum atomic E-state index is 12.4. The number of carbonyl (C=O) groups excluding carboxylic acids is 2. The molecule has 2 amide bonds. The van der Waals surface area contributed by atoms with Gasteiger partial charge in [0.05, 0.1) is 23.1 Å². The fourth-order valence-electron chi connectivity index (χ4n) is 2.25. The Kier molecular flexibility index (Phi) is 8.19. The van der Waals surface area contributed by atoms with E-state index in [0.29, 0.717) is 23.1 Å². The molecule has 0 radical (unpaired) electrons. The number of hydrogen-bond donors (Lipinski definition) is 1. The lowest BCUT2D eigenvalue weighted by Crippen LogP contribution is -2.48. The lowest BCUT2D eigenvalue weighted by molar-refractivity contribution is -0.132. The molecule has 0 spiro atoms. The van der Waals surface area contributed by atoms with Crippen molar-refractivity contribution < 1.29 is 9.59 Å². The van der Waals surface area contributed by atoms with E-state index in [4.69, 9.17) is 23.2 Å². The summed E-state index contributed by atoms with van der Waals surface area (Å²) in [6.45, 7) is 9.14. The van der Waals surface area contributed by atoms with E-state index in [0.717, 1.165) is 5.56 Å². The van der Waals surface area contributed by atoms with Crippen molar-refractivity contribution in [3.05, 3.63) is 33.8 Å². The van der Waals surface area contributed by atoms with Crippen LogP contribution in [0.25, 0.3) is 0 Å². The number of rotatable bonds is 7. The van der Waals surface area contributed by atoms with Crippen LogP contribution in [0.3, 0.4) is 0 Å². The van der Waals surface area contributed by atoms with E-state index in [1.54, 1.807) is 24.1 Å².